The molecule has 0 spiro atoms. The summed E-state index contributed by atoms with van der Waals surface area (Å²) < 4.78 is 0. The third kappa shape index (κ3) is 3.25. The van der Waals surface area contributed by atoms with Crippen molar-refractivity contribution < 1.29 is 0 Å². The normalized spacial score (nSPS) is 12.0. The van der Waals surface area contributed by atoms with E-state index in [0.29, 0.717) is 11.7 Å². The van der Waals surface area contributed by atoms with Crippen molar-refractivity contribution in [3.05, 3.63) is 60.2 Å². The molecule has 5 nitrogen and oxygen atoms in total. The van der Waals surface area contributed by atoms with Crippen molar-refractivity contribution in [2.75, 3.05) is 11.9 Å². The van der Waals surface area contributed by atoms with E-state index in [9.17, 15) is 0 Å². The highest BCUT2D eigenvalue weighted by molar-refractivity contribution is 5.61. The van der Waals surface area contributed by atoms with Gasteiger partial charge in [0.25, 0.3) is 0 Å². The van der Waals surface area contributed by atoms with Crippen LogP contribution in [0.1, 0.15) is 18.4 Å². The second-order valence-corrected chi connectivity index (χ2v) is 5.01. The highest BCUT2D eigenvalue weighted by Gasteiger charge is 2.06. The molecule has 1 unspecified atom stereocenters. The second-order valence-electron chi connectivity index (χ2n) is 5.01. The maximum absolute atomic E-state index is 4.00. The molecule has 2 N–H and O–H groups in total. The molecule has 0 fully saturated rings. The van der Waals surface area contributed by atoms with Crippen molar-refractivity contribution in [3.63, 3.8) is 0 Å². The van der Waals surface area contributed by atoms with Crippen LogP contribution in [0.5, 0.6) is 0 Å². The number of benzene rings is 2. The number of aromatic amines is 1. The van der Waals surface area contributed by atoms with E-state index in [-0.39, 0.29) is 0 Å². The number of H-pyrrole nitrogens is 1. The van der Waals surface area contributed by atoms with Crippen LogP contribution in [0.4, 0.5) is 5.69 Å². The molecule has 0 aliphatic rings. The topological polar surface area (TPSA) is 66.5 Å². The fourth-order valence-corrected chi connectivity index (χ4v) is 2.22. The van der Waals surface area contributed by atoms with E-state index in [1.807, 2.05) is 30.3 Å². The Morgan fingerprint density at radius 3 is 2.71 bits per heavy atom. The van der Waals surface area contributed by atoms with Gasteiger partial charge in [0.2, 0.25) is 5.82 Å². The van der Waals surface area contributed by atoms with Crippen LogP contribution in [0.2, 0.25) is 0 Å². The molecular formula is C16H17N5. The van der Waals surface area contributed by atoms with Crippen molar-refractivity contribution in [1.82, 2.24) is 20.6 Å². The summed E-state index contributed by atoms with van der Waals surface area (Å²) in [7, 11) is 0. The zero-order valence-corrected chi connectivity index (χ0v) is 11.8. The fourth-order valence-electron chi connectivity index (χ4n) is 2.22. The van der Waals surface area contributed by atoms with Gasteiger partial charge in [-0.1, -0.05) is 49.4 Å². The molecule has 3 rings (SSSR count). The zero-order chi connectivity index (χ0) is 14.5. The Morgan fingerprint density at radius 2 is 1.95 bits per heavy atom. The molecule has 2 aromatic carbocycles. The molecule has 3 aromatic rings. The van der Waals surface area contributed by atoms with Crippen LogP contribution < -0.4 is 5.32 Å². The quantitative estimate of drug-likeness (QED) is 0.753. The number of nitrogens with one attached hydrogen (secondary N) is 2. The molecule has 0 aliphatic heterocycles. The van der Waals surface area contributed by atoms with Gasteiger partial charge in [-0.2, -0.15) is 5.21 Å². The Kier molecular flexibility index (Phi) is 3.91. The largest absolute Gasteiger partial charge is 0.384 e. The monoisotopic (exact) mass is 279 g/mol. The van der Waals surface area contributed by atoms with Gasteiger partial charge in [0.1, 0.15) is 0 Å². The van der Waals surface area contributed by atoms with Gasteiger partial charge in [0, 0.05) is 17.8 Å². The number of aromatic nitrogens is 4. The van der Waals surface area contributed by atoms with Gasteiger partial charge >= 0.3 is 0 Å². The molecule has 1 atom stereocenters. The van der Waals surface area contributed by atoms with E-state index >= 15 is 0 Å². The van der Waals surface area contributed by atoms with E-state index < -0.39 is 0 Å². The van der Waals surface area contributed by atoms with Crippen LogP contribution in [-0.4, -0.2) is 27.2 Å². The molecule has 1 aromatic heterocycles. The lowest BCUT2D eigenvalue weighted by atomic mass is 10.0. The summed E-state index contributed by atoms with van der Waals surface area (Å²) in [6.45, 7) is 3.09. The number of nitrogens with zero attached hydrogens (tertiary/aromatic N) is 3. The van der Waals surface area contributed by atoms with Gasteiger partial charge in [0.05, 0.1) is 0 Å². The smallest absolute Gasteiger partial charge is 0.204 e. The van der Waals surface area contributed by atoms with Crippen LogP contribution >= 0.6 is 0 Å². The Hall–Kier alpha value is -2.69. The van der Waals surface area contributed by atoms with Gasteiger partial charge in [-0.15, -0.1) is 10.2 Å². The minimum Gasteiger partial charge on any atom is -0.384 e. The maximum atomic E-state index is 4.00. The SMILES string of the molecule is CC(CNc1cccc(-c2nn[nH]n2)c1)c1ccccc1. The van der Waals surface area contributed by atoms with Crippen LogP contribution in [-0.2, 0) is 0 Å². The number of tetrazole rings is 1. The average molecular weight is 279 g/mol. The van der Waals surface area contributed by atoms with Crippen LogP contribution in [0.15, 0.2) is 54.6 Å². The van der Waals surface area contributed by atoms with Gasteiger partial charge < -0.3 is 5.32 Å². The Balaban J connectivity index is 1.67. The summed E-state index contributed by atoms with van der Waals surface area (Å²) in [5, 5.41) is 17.5. The van der Waals surface area contributed by atoms with Crippen molar-refractivity contribution >= 4 is 5.69 Å². The number of anilines is 1. The Labute approximate surface area is 123 Å². The van der Waals surface area contributed by atoms with E-state index in [1.54, 1.807) is 0 Å². The first kappa shape index (κ1) is 13.3. The molecule has 1 heterocycles. The molecule has 0 saturated carbocycles. The van der Waals surface area contributed by atoms with Crippen molar-refractivity contribution in [1.29, 1.82) is 0 Å². The zero-order valence-electron chi connectivity index (χ0n) is 11.8. The molecule has 0 saturated heterocycles. The molecular weight excluding hydrogens is 262 g/mol. The summed E-state index contributed by atoms with van der Waals surface area (Å²) in [4.78, 5) is 0. The number of hydrogen-bond acceptors (Lipinski definition) is 4. The summed E-state index contributed by atoms with van der Waals surface area (Å²) >= 11 is 0. The Morgan fingerprint density at radius 1 is 1.10 bits per heavy atom. The second kappa shape index (κ2) is 6.17. The van der Waals surface area contributed by atoms with Gasteiger partial charge in [-0.3, -0.25) is 0 Å². The predicted octanol–water partition coefficient (Wildman–Crippen LogP) is 3.08. The summed E-state index contributed by atoms with van der Waals surface area (Å²) in [6, 6.07) is 18.5. The average Bonchev–Trinajstić information content (AvgIpc) is 3.08. The lowest BCUT2D eigenvalue weighted by molar-refractivity contribution is 0.805. The van der Waals surface area contributed by atoms with Crippen molar-refractivity contribution in [2.24, 2.45) is 0 Å². The highest BCUT2D eigenvalue weighted by Crippen LogP contribution is 2.20. The Bertz CT molecular complexity index is 679. The third-order valence-electron chi connectivity index (χ3n) is 3.45. The lowest BCUT2D eigenvalue weighted by Gasteiger charge is -2.14. The van der Waals surface area contributed by atoms with Gasteiger partial charge in [-0.25, -0.2) is 0 Å². The third-order valence-corrected chi connectivity index (χ3v) is 3.45. The fraction of sp³-hybridized carbons (Fsp3) is 0.188. The summed E-state index contributed by atoms with van der Waals surface area (Å²) in [5.74, 6) is 1.05. The first-order chi connectivity index (χ1) is 10.3. The van der Waals surface area contributed by atoms with Crippen molar-refractivity contribution in [3.8, 4) is 11.4 Å². The summed E-state index contributed by atoms with van der Waals surface area (Å²) in [5.41, 5.74) is 3.33. The minimum absolute atomic E-state index is 0.444. The molecule has 0 amide bonds. The molecule has 106 valence electrons. The van der Waals surface area contributed by atoms with Crippen LogP contribution in [0, 0.1) is 0 Å². The number of hydrogen-bond donors (Lipinski definition) is 2. The molecule has 21 heavy (non-hydrogen) atoms. The van der Waals surface area contributed by atoms with Gasteiger partial charge in [-0.05, 0) is 28.8 Å². The first-order valence-electron chi connectivity index (χ1n) is 6.95. The highest BCUT2D eigenvalue weighted by atomic mass is 15.5. The maximum Gasteiger partial charge on any atom is 0.204 e. The standard InChI is InChI=1S/C16H17N5/c1-12(13-6-3-2-4-7-13)11-17-15-9-5-8-14(10-15)16-18-20-21-19-16/h2-10,12,17H,11H2,1H3,(H,18,19,20,21). The molecule has 0 aliphatic carbocycles. The van der Waals surface area contributed by atoms with Crippen LogP contribution in [0.25, 0.3) is 11.4 Å². The minimum atomic E-state index is 0.444. The van der Waals surface area contributed by atoms with E-state index in [0.717, 1.165) is 17.8 Å². The lowest BCUT2D eigenvalue weighted by Crippen LogP contribution is -2.09. The molecule has 0 bridgehead atoms. The predicted molar refractivity (Wildman–Crippen MR) is 83.0 cm³/mol. The van der Waals surface area contributed by atoms with E-state index in [2.05, 4.69) is 57.1 Å². The van der Waals surface area contributed by atoms with Gasteiger partial charge in [0.15, 0.2) is 0 Å². The summed E-state index contributed by atoms with van der Waals surface area (Å²) in [6.07, 6.45) is 0. The molecule has 0 radical (unpaired) electrons. The first-order valence-corrected chi connectivity index (χ1v) is 6.95. The number of rotatable bonds is 5. The van der Waals surface area contributed by atoms with E-state index in [4.69, 9.17) is 0 Å². The van der Waals surface area contributed by atoms with E-state index in [1.165, 1.54) is 5.56 Å². The van der Waals surface area contributed by atoms with Crippen LogP contribution in [0.3, 0.4) is 0 Å². The van der Waals surface area contributed by atoms with Crippen molar-refractivity contribution in [2.45, 2.75) is 12.8 Å². The molecule has 5 heteroatoms.